The van der Waals surface area contributed by atoms with Crippen LogP contribution in [0.1, 0.15) is 32.3 Å². The Bertz CT molecular complexity index is 423. The number of nitrogens with zero attached hydrogens (tertiary/aromatic N) is 1. The van der Waals surface area contributed by atoms with Crippen LogP contribution in [0.4, 0.5) is 4.39 Å². The maximum absolute atomic E-state index is 12.7. The fourth-order valence-electron chi connectivity index (χ4n) is 1.37. The van der Waals surface area contributed by atoms with Gasteiger partial charge in [-0.2, -0.15) is 5.26 Å². The van der Waals surface area contributed by atoms with E-state index in [1.54, 1.807) is 20.8 Å². The van der Waals surface area contributed by atoms with E-state index in [1.165, 1.54) is 24.3 Å². The fraction of sp³-hybridized carbons (Fsp3) is 0.385. The summed E-state index contributed by atoms with van der Waals surface area (Å²) in [5.74, 6) is -1.34. The molecule has 0 saturated heterocycles. The number of carbonyl (C=O) groups is 1. The van der Waals surface area contributed by atoms with E-state index >= 15 is 0 Å². The lowest BCUT2D eigenvalue weighted by atomic mass is 9.80. The molecule has 0 radical (unpaired) electrons. The van der Waals surface area contributed by atoms with Crippen molar-refractivity contribution in [3.8, 4) is 6.07 Å². The first-order chi connectivity index (χ1) is 7.36. The minimum atomic E-state index is -0.819. The molecule has 0 aliphatic carbocycles. The largest absolute Gasteiger partial charge is 0.297 e. The third-order valence-electron chi connectivity index (χ3n) is 2.33. The highest BCUT2D eigenvalue weighted by molar-refractivity contribution is 5.92. The number of hydrogen-bond acceptors (Lipinski definition) is 2. The minimum absolute atomic E-state index is 0.151. The van der Waals surface area contributed by atoms with Crippen molar-refractivity contribution < 1.29 is 9.18 Å². The number of nitriles is 1. The average molecular weight is 219 g/mol. The van der Waals surface area contributed by atoms with Crippen molar-refractivity contribution in [3.63, 3.8) is 0 Å². The van der Waals surface area contributed by atoms with Gasteiger partial charge < -0.3 is 0 Å². The highest BCUT2D eigenvalue weighted by Gasteiger charge is 2.30. The van der Waals surface area contributed by atoms with E-state index in [-0.39, 0.29) is 11.6 Å². The molecule has 0 saturated carbocycles. The summed E-state index contributed by atoms with van der Waals surface area (Å²) in [6.45, 7) is 5.30. The smallest absolute Gasteiger partial charge is 0.159 e. The van der Waals surface area contributed by atoms with E-state index in [0.717, 1.165) is 0 Å². The van der Waals surface area contributed by atoms with E-state index in [0.29, 0.717) is 5.56 Å². The van der Waals surface area contributed by atoms with Crippen LogP contribution >= 0.6 is 0 Å². The van der Waals surface area contributed by atoms with Crippen molar-refractivity contribution in [1.29, 1.82) is 5.26 Å². The predicted molar refractivity (Wildman–Crippen MR) is 59.2 cm³/mol. The Kier molecular flexibility index (Phi) is 3.44. The van der Waals surface area contributed by atoms with Crippen molar-refractivity contribution in [1.82, 2.24) is 0 Å². The molecule has 0 aliphatic rings. The van der Waals surface area contributed by atoms with Gasteiger partial charge in [-0.1, -0.05) is 32.9 Å². The van der Waals surface area contributed by atoms with Crippen LogP contribution in [0, 0.1) is 22.6 Å². The Balaban J connectivity index is 3.06. The molecule has 1 atom stereocenters. The van der Waals surface area contributed by atoms with Gasteiger partial charge in [-0.15, -0.1) is 0 Å². The Labute approximate surface area is 94.7 Å². The standard InChI is InChI=1S/C13H14FNO/c1-13(2,3)12(16)11(8-15)9-4-6-10(14)7-5-9/h4-7,11H,1-3H3. The summed E-state index contributed by atoms with van der Waals surface area (Å²) in [5, 5.41) is 9.02. The van der Waals surface area contributed by atoms with Crippen LogP contribution in [0.15, 0.2) is 24.3 Å². The normalized spacial score (nSPS) is 12.9. The SMILES string of the molecule is CC(C)(C)C(=O)C(C#N)c1ccc(F)cc1. The van der Waals surface area contributed by atoms with Crippen LogP contribution in [-0.4, -0.2) is 5.78 Å². The first kappa shape index (κ1) is 12.4. The molecule has 1 aromatic carbocycles. The number of benzene rings is 1. The molecule has 0 spiro atoms. The van der Waals surface area contributed by atoms with E-state index in [4.69, 9.17) is 5.26 Å². The van der Waals surface area contributed by atoms with Gasteiger partial charge in [-0.25, -0.2) is 4.39 Å². The maximum Gasteiger partial charge on any atom is 0.159 e. The zero-order chi connectivity index (χ0) is 12.3. The molecule has 16 heavy (non-hydrogen) atoms. The third kappa shape index (κ3) is 2.66. The van der Waals surface area contributed by atoms with Crippen molar-refractivity contribution in [2.75, 3.05) is 0 Å². The molecule has 2 nitrogen and oxygen atoms in total. The second-order valence-corrected chi connectivity index (χ2v) is 4.73. The molecule has 0 bridgehead atoms. The summed E-state index contributed by atoms with van der Waals surface area (Å²) in [5.41, 5.74) is -0.0294. The maximum atomic E-state index is 12.7. The Morgan fingerprint density at radius 1 is 1.31 bits per heavy atom. The van der Waals surface area contributed by atoms with Gasteiger partial charge in [0, 0.05) is 5.41 Å². The molecule has 84 valence electrons. The lowest BCUT2D eigenvalue weighted by Gasteiger charge is -2.20. The number of halogens is 1. The van der Waals surface area contributed by atoms with Gasteiger partial charge in [0.25, 0.3) is 0 Å². The predicted octanol–water partition coefficient (Wildman–Crippen LogP) is 3.05. The van der Waals surface area contributed by atoms with Crippen LogP contribution in [0.3, 0.4) is 0 Å². The molecule has 1 rings (SSSR count). The van der Waals surface area contributed by atoms with E-state index in [2.05, 4.69) is 0 Å². The highest BCUT2D eigenvalue weighted by Crippen LogP contribution is 2.27. The minimum Gasteiger partial charge on any atom is -0.297 e. The Morgan fingerprint density at radius 3 is 2.19 bits per heavy atom. The molecule has 0 amide bonds. The van der Waals surface area contributed by atoms with Crippen molar-refractivity contribution in [2.24, 2.45) is 5.41 Å². The van der Waals surface area contributed by atoms with Crippen molar-refractivity contribution in [2.45, 2.75) is 26.7 Å². The van der Waals surface area contributed by atoms with E-state index < -0.39 is 11.3 Å². The summed E-state index contributed by atoms with van der Waals surface area (Å²) in [6, 6.07) is 7.45. The molecular formula is C13H14FNO. The molecule has 0 aliphatic heterocycles. The summed E-state index contributed by atoms with van der Waals surface area (Å²) in [6.07, 6.45) is 0. The molecule has 0 heterocycles. The van der Waals surface area contributed by atoms with Gasteiger partial charge in [0.2, 0.25) is 0 Å². The number of ketones is 1. The first-order valence-electron chi connectivity index (χ1n) is 5.05. The lowest BCUT2D eigenvalue weighted by Crippen LogP contribution is -2.26. The van der Waals surface area contributed by atoms with Gasteiger partial charge in [0.05, 0.1) is 6.07 Å². The number of Topliss-reactive ketones (excluding diaryl/α,β-unsaturated/α-hetero) is 1. The molecule has 1 unspecified atom stereocenters. The van der Waals surface area contributed by atoms with Crippen LogP contribution in [-0.2, 0) is 4.79 Å². The summed E-state index contributed by atoms with van der Waals surface area (Å²) >= 11 is 0. The Hall–Kier alpha value is -1.69. The zero-order valence-corrected chi connectivity index (χ0v) is 9.62. The third-order valence-corrected chi connectivity index (χ3v) is 2.33. The van der Waals surface area contributed by atoms with E-state index in [9.17, 15) is 9.18 Å². The zero-order valence-electron chi connectivity index (χ0n) is 9.62. The van der Waals surface area contributed by atoms with Gasteiger partial charge in [0.15, 0.2) is 5.78 Å². The quantitative estimate of drug-likeness (QED) is 0.767. The summed E-state index contributed by atoms with van der Waals surface area (Å²) in [7, 11) is 0. The molecular weight excluding hydrogens is 205 g/mol. The van der Waals surface area contributed by atoms with Crippen LogP contribution in [0.5, 0.6) is 0 Å². The second kappa shape index (κ2) is 4.44. The molecule has 0 aromatic heterocycles. The van der Waals surface area contributed by atoms with Crippen LogP contribution in [0.25, 0.3) is 0 Å². The topological polar surface area (TPSA) is 40.9 Å². The number of carbonyl (C=O) groups excluding carboxylic acids is 1. The first-order valence-corrected chi connectivity index (χ1v) is 5.05. The van der Waals surface area contributed by atoms with Gasteiger partial charge in [-0.3, -0.25) is 4.79 Å². The molecule has 0 fully saturated rings. The van der Waals surface area contributed by atoms with E-state index in [1.807, 2.05) is 6.07 Å². The summed E-state index contributed by atoms with van der Waals surface area (Å²) in [4.78, 5) is 12.0. The Morgan fingerprint density at radius 2 is 1.81 bits per heavy atom. The van der Waals surface area contributed by atoms with Gasteiger partial charge >= 0.3 is 0 Å². The fourth-order valence-corrected chi connectivity index (χ4v) is 1.37. The van der Waals surface area contributed by atoms with Gasteiger partial charge in [-0.05, 0) is 17.7 Å². The van der Waals surface area contributed by atoms with Crippen LogP contribution < -0.4 is 0 Å². The lowest BCUT2D eigenvalue weighted by molar-refractivity contribution is -0.126. The van der Waals surface area contributed by atoms with Crippen molar-refractivity contribution >= 4 is 5.78 Å². The molecule has 1 aromatic rings. The molecule has 0 N–H and O–H groups in total. The molecule has 3 heteroatoms. The summed E-state index contributed by atoms with van der Waals surface area (Å²) < 4.78 is 12.7. The average Bonchev–Trinajstić information content (AvgIpc) is 2.20. The monoisotopic (exact) mass is 219 g/mol. The van der Waals surface area contributed by atoms with Gasteiger partial charge in [0.1, 0.15) is 11.7 Å². The highest BCUT2D eigenvalue weighted by atomic mass is 19.1. The number of rotatable bonds is 2. The van der Waals surface area contributed by atoms with Crippen LogP contribution in [0.2, 0.25) is 0 Å². The second-order valence-electron chi connectivity index (χ2n) is 4.73. The van der Waals surface area contributed by atoms with Crippen molar-refractivity contribution in [3.05, 3.63) is 35.6 Å². The number of hydrogen-bond donors (Lipinski definition) is 0.